The Morgan fingerprint density at radius 1 is 1.24 bits per heavy atom. The highest BCUT2D eigenvalue weighted by Crippen LogP contribution is 2.34. The largest absolute Gasteiger partial charge is 0.492 e. The van der Waals surface area contributed by atoms with Gasteiger partial charge in [-0.15, -0.1) is 0 Å². The lowest BCUT2D eigenvalue weighted by Gasteiger charge is -2.34. The summed E-state index contributed by atoms with van der Waals surface area (Å²) in [6.07, 6.45) is 0.562. The minimum Gasteiger partial charge on any atom is -0.492 e. The molecule has 1 atom stereocenters. The first-order chi connectivity index (χ1) is 10.1. The van der Waals surface area contributed by atoms with Gasteiger partial charge in [0.1, 0.15) is 23.8 Å². The van der Waals surface area contributed by atoms with E-state index < -0.39 is 17.4 Å². The molecular formula is C15H17NO5. The second-order valence-corrected chi connectivity index (χ2v) is 5.39. The minimum absolute atomic E-state index is 0.247. The Labute approximate surface area is 122 Å². The van der Waals surface area contributed by atoms with Crippen molar-refractivity contribution in [2.45, 2.75) is 24.3 Å². The number of carboxylic acid groups (broad SMARTS) is 1. The number of carboxylic acids is 1. The molecule has 1 aromatic carbocycles. The number of para-hydroxylation sites is 1. The number of nitrogens with one attached hydrogen (secondary N) is 1. The highest BCUT2D eigenvalue weighted by Gasteiger charge is 2.43. The molecule has 21 heavy (non-hydrogen) atoms. The lowest BCUT2D eigenvalue weighted by atomic mass is 9.88. The molecule has 2 N–H and O–H groups in total. The number of hydrogen-bond donors (Lipinski definition) is 2. The highest BCUT2D eigenvalue weighted by molar-refractivity contribution is 5.91. The molecule has 1 fully saturated rings. The molecule has 1 aromatic rings. The standard InChI is InChI=1S/C15H17NO5/c17-13(11-9-21-12-4-2-1-3-10(11)12)16-15(14(18)19)5-7-20-8-6-15/h1-4,11H,5-9H2,(H,16,17)(H,18,19). The van der Waals surface area contributed by atoms with Crippen LogP contribution in [0.2, 0.25) is 0 Å². The van der Waals surface area contributed by atoms with Crippen molar-refractivity contribution in [3.8, 4) is 5.75 Å². The van der Waals surface area contributed by atoms with E-state index in [9.17, 15) is 14.7 Å². The molecule has 1 saturated heterocycles. The van der Waals surface area contributed by atoms with Crippen LogP contribution in [0.15, 0.2) is 24.3 Å². The summed E-state index contributed by atoms with van der Waals surface area (Å²) in [5.74, 6) is -1.08. The predicted octanol–water partition coefficient (Wildman–Crippen LogP) is 0.913. The Kier molecular flexibility index (Phi) is 3.55. The molecule has 3 rings (SSSR count). The smallest absolute Gasteiger partial charge is 0.329 e. The van der Waals surface area contributed by atoms with Gasteiger partial charge in [-0.25, -0.2) is 4.79 Å². The molecule has 0 aromatic heterocycles. The van der Waals surface area contributed by atoms with Crippen LogP contribution in [0.1, 0.15) is 24.3 Å². The third-order valence-electron chi connectivity index (χ3n) is 4.13. The van der Waals surface area contributed by atoms with Gasteiger partial charge in [-0.1, -0.05) is 18.2 Å². The fourth-order valence-corrected chi connectivity index (χ4v) is 2.81. The van der Waals surface area contributed by atoms with E-state index in [1.807, 2.05) is 24.3 Å². The molecule has 6 heteroatoms. The van der Waals surface area contributed by atoms with Gasteiger partial charge in [-0.05, 0) is 6.07 Å². The Balaban J connectivity index is 1.78. The zero-order valence-electron chi connectivity index (χ0n) is 11.5. The molecule has 0 saturated carbocycles. The average Bonchev–Trinajstić information content (AvgIpc) is 2.92. The molecule has 0 aliphatic carbocycles. The van der Waals surface area contributed by atoms with Crippen molar-refractivity contribution in [1.82, 2.24) is 5.32 Å². The van der Waals surface area contributed by atoms with Crippen LogP contribution in [0.5, 0.6) is 5.75 Å². The lowest BCUT2D eigenvalue weighted by molar-refractivity contribution is -0.152. The molecule has 1 unspecified atom stereocenters. The number of benzene rings is 1. The molecule has 2 aliphatic rings. The number of hydrogen-bond acceptors (Lipinski definition) is 4. The van der Waals surface area contributed by atoms with Gasteiger partial charge in [0.05, 0.1) is 0 Å². The third kappa shape index (κ3) is 2.47. The Hall–Kier alpha value is -2.08. The van der Waals surface area contributed by atoms with Gasteiger partial charge >= 0.3 is 5.97 Å². The SMILES string of the molecule is O=C(NC1(C(=O)O)CCOCC1)C1COc2ccccc21. The molecule has 0 bridgehead atoms. The Bertz CT molecular complexity index is 565. The number of amides is 1. The number of rotatable bonds is 3. The van der Waals surface area contributed by atoms with Crippen molar-refractivity contribution in [3.05, 3.63) is 29.8 Å². The summed E-state index contributed by atoms with van der Waals surface area (Å²) in [4.78, 5) is 24.1. The summed E-state index contributed by atoms with van der Waals surface area (Å²) in [6, 6.07) is 7.33. The third-order valence-corrected chi connectivity index (χ3v) is 4.13. The maximum Gasteiger partial charge on any atom is 0.329 e. The van der Waals surface area contributed by atoms with Gasteiger partial charge in [-0.2, -0.15) is 0 Å². The van der Waals surface area contributed by atoms with Crippen molar-refractivity contribution in [2.24, 2.45) is 0 Å². The first-order valence-corrected chi connectivity index (χ1v) is 6.97. The van der Waals surface area contributed by atoms with Gasteiger partial charge in [0.2, 0.25) is 5.91 Å². The summed E-state index contributed by atoms with van der Waals surface area (Å²) in [6.45, 7) is 0.923. The van der Waals surface area contributed by atoms with Crippen LogP contribution in [-0.2, 0) is 14.3 Å². The first kappa shape index (κ1) is 13.9. The number of aliphatic carboxylic acids is 1. The van der Waals surface area contributed by atoms with Crippen LogP contribution in [0.25, 0.3) is 0 Å². The van der Waals surface area contributed by atoms with Gasteiger partial charge in [0.25, 0.3) is 0 Å². The monoisotopic (exact) mass is 291 g/mol. The van der Waals surface area contributed by atoms with E-state index in [1.165, 1.54) is 0 Å². The van der Waals surface area contributed by atoms with Crippen molar-refractivity contribution in [3.63, 3.8) is 0 Å². The molecule has 1 amide bonds. The highest BCUT2D eigenvalue weighted by atomic mass is 16.5. The maximum atomic E-state index is 12.5. The van der Waals surface area contributed by atoms with E-state index in [-0.39, 0.29) is 25.4 Å². The van der Waals surface area contributed by atoms with Crippen molar-refractivity contribution < 1.29 is 24.2 Å². The molecule has 112 valence electrons. The summed E-state index contributed by atoms with van der Waals surface area (Å²) < 4.78 is 10.7. The average molecular weight is 291 g/mol. The summed E-state index contributed by atoms with van der Waals surface area (Å²) in [5.41, 5.74) is -0.421. The second-order valence-electron chi connectivity index (χ2n) is 5.39. The van der Waals surface area contributed by atoms with Crippen LogP contribution < -0.4 is 10.1 Å². The van der Waals surface area contributed by atoms with Gasteiger partial charge < -0.3 is 19.9 Å². The molecule has 2 heterocycles. The Morgan fingerprint density at radius 2 is 1.95 bits per heavy atom. The minimum atomic E-state index is -1.23. The fraction of sp³-hybridized carbons (Fsp3) is 0.467. The molecule has 6 nitrogen and oxygen atoms in total. The van der Waals surface area contributed by atoms with E-state index in [0.29, 0.717) is 19.0 Å². The number of carbonyl (C=O) groups is 2. The normalized spacial score (nSPS) is 23.0. The van der Waals surface area contributed by atoms with Crippen molar-refractivity contribution in [1.29, 1.82) is 0 Å². The maximum absolute atomic E-state index is 12.5. The topological polar surface area (TPSA) is 84.9 Å². The molecular weight excluding hydrogens is 274 g/mol. The van der Waals surface area contributed by atoms with E-state index in [4.69, 9.17) is 9.47 Å². The van der Waals surface area contributed by atoms with Gasteiger partial charge in [0, 0.05) is 31.6 Å². The zero-order valence-corrected chi connectivity index (χ0v) is 11.5. The molecule has 0 radical (unpaired) electrons. The van der Waals surface area contributed by atoms with Crippen LogP contribution in [0, 0.1) is 0 Å². The van der Waals surface area contributed by atoms with E-state index in [1.54, 1.807) is 0 Å². The van der Waals surface area contributed by atoms with Gasteiger partial charge in [0.15, 0.2) is 0 Å². The quantitative estimate of drug-likeness (QED) is 0.864. The van der Waals surface area contributed by atoms with Crippen LogP contribution in [0.3, 0.4) is 0 Å². The summed E-state index contributed by atoms with van der Waals surface area (Å²) in [5, 5.41) is 12.2. The Morgan fingerprint density at radius 3 is 2.67 bits per heavy atom. The lowest BCUT2D eigenvalue weighted by Crippen LogP contribution is -2.58. The van der Waals surface area contributed by atoms with Crippen LogP contribution >= 0.6 is 0 Å². The zero-order chi connectivity index (χ0) is 14.9. The van der Waals surface area contributed by atoms with Gasteiger partial charge in [-0.3, -0.25) is 4.79 Å². The second kappa shape index (κ2) is 5.37. The van der Waals surface area contributed by atoms with E-state index in [0.717, 1.165) is 5.56 Å². The summed E-state index contributed by atoms with van der Waals surface area (Å²) >= 11 is 0. The van der Waals surface area contributed by atoms with Crippen molar-refractivity contribution in [2.75, 3.05) is 19.8 Å². The van der Waals surface area contributed by atoms with Crippen LogP contribution in [0.4, 0.5) is 0 Å². The van der Waals surface area contributed by atoms with E-state index in [2.05, 4.69) is 5.32 Å². The first-order valence-electron chi connectivity index (χ1n) is 6.97. The molecule has 2 aliphatic heterocycles. The molecule has 0 spiro atoms. The van der Waals surface area contributed by atoms with Crippen LogP contribution in [-0.4, -0.2) is 42.3 Å². The summed E-state index contributed by atoms with van der Waals surface area (Å²) in [7, 11) is 0. The fourth-order valence-electron chi connectivity index (χ4n) is 2.81. The van der Waals surface area contributed by atoms with E-state index >= 15 is 0 Å². The van der Waals surface area contributed by atoms with Crippen molar-refractivity contribution >= 4 is 11.9 Å². The number of fused-ring (bicyclic) bond motifs is 1. The predicted molar refractivity (Wildman–Crippen MR) is 73.2 cm³/mol. The number of carbonyl (C=O) groups excluding carboxylic acids is 1. The number of ether oxygens (including phenoxy) is 2.